The summed E-state index contributed by atoms with van der Waals surface area (Å²) in [5.74, 6) is 0.695. The molecule has 1 nitrogen and oxygen atoms in total. The fourth-order valence-corrected chi connectivity index (χ4v) is 2.37. The molecule has 84 valence electrons. The van der Waals surface area contributed by atoms with Gasteiger partial charge in [-0.25, -0.2) is 4.39 Å². The van der Waals surface area contributed by atoms with Crippen molar-refractivity contribution < 1.29 is 4.39 Å². The lowest BCUT2D eigenvalue weighted by atomic mass is 9.89. The molecule has 3 unspecified atom stereocenters. The molecule has 0 aromatic rings. The maximum absolute atomic E-state index is 14.1. The number of alkyl halides is 1. The summed E-state index contributed by atoms with van der Waals surface area (Å²) >= 11 is 0. The standard InChI is InChI=1S/C12H24FN/c1-5-14(4)12(3)9-8-10(2)6-7-11(12)13/h10-11H,5-9H2,1-4H3. The molecule has 1 rings (SSSR count). The lowest BCUT2D eigenvalue weighted by Crippen LogP contribution is -2.50. The first-order valence-electron chi connectivity index (χ1n) is 5.86. The van der Waals surface area contributed by atoms with E-state index in [4.69, 9.17) is 0 Å². The molecule has 0 amide bonds. The molecule has 1 fully saturated rings. The van der Waals surface area contributed by atoms with E-state index in [1.54, 1.807) is 0 Å². The number of hydrogen-bond acceptors (Lipinski definition) is 1. The van der Waals surface area contributed by atoms with Crippen LogP contribution in [0.5, 0.6) is 0 Å². The first kappa shape index (κ1) is 12.0. The fourth-order valence-electron chi connectivity index (χ4n) is 2.37. The van der Waals surface area contributed by atoms with Gasteiger partial charge in [-0.3, -0.25) is 4.90 Å². The number of hydrogen-bond donors (Lipinski definition) is 0. The minimum Gasteiger partial charge on any atom is -0.298 e. The molecular weight excluding hydrogens is 177 g/mol. The van der Waals surface area contributed by atoms with Crippen LogP contribution in [-0.4, -0.2) is 30.2 Å². The lowest BCUT2D eigenvalue weighted by molar-refractivity contribution is 0.0426. The molecule has 14 heavy (non-hydrogen) atoms. The van der Waals surface area contributed by atoms with E-state index in [2.05, 4.69) is 25.7 Å². The zero-order valence-electron chi connectivity index (χ0n) is 10.0. The van der Waals surface area contributed by atoms with Crippen LogP contribution < -0.4 is 0 Å². The molecule has 1 aliphatic carbocycles. The van der Waals surface area contributed by atoms with Gasteiger partial charge in [0.2, 0.25) is 0 Å². The van der Waals surface area contributed by atoms with Gasteiger partial charge in [0.1, 0.15) is 6.17 Å². The van der Waals surface area contributed by atoms with Crippen LogP contribution in [0.15, 0.2) is 0 Å². The fraction of sp³-hybridized carbons (Fsp3) is 1.00. The molecule has 0 aliphatic heterocycles. The van der Waals surface area contributed by atoms with Crippen molar-refractivity contribution in [3.63, 3.8) is 0 Å². The van der Waals surface area contributed by atoms with Crippen molar-refractivity contribution in [2.75, 3.05) is 13.6 Å². The number of nitrogens with zero attached hydrogens (tertiary/aromatic N) is 1. The van der Waals surface area contributed by atoms with Crippen molar-refractivity contribution in [3.05, 3.63) is 0 Å². The molecule has 2 heteroatoms. The molecule has 1 aliphatic rings. The molecule has 0 bridgehead atoms. The van der Waals surface area contributed by atoms with Crippen molar-refractivity contribution in [2.24, 2.45) is 5.92 Å². The molecule has 0 heterocycles. The smallest absolute Gasteiger partial charge is 0.118 e. The van der Waals surface area contributed by atoms with Crippen LogP contribution in [0.4, 0.5) is 4.39 Å². The molecular formula is C12H24FN. The molecule has 0 saturated heterocycles. The second-order valence-corrected chi connectivity index (χ2v) is 5.06. The van der Waals surface area contributed by atoms with Crippen LogP contribution in [0, 0.1) is 5.92 Å². The van der Waals surface area contributed by atoms with Crippen molar-refractivity contribution in [1.82, 2.24) is 4.90 Å². The predicted octanol–water partition coefficient (Wildman–Crippen LogP) is 3.25. The van der Waals surface area contributed by atoms with Gasteiger partial charge in [0, 0.05) is 5.54 Å². The van der Waals surface area contributed by atoms with Gasteiger partial charge < -0.3 is 0 Å². The third-order valence-electron chi connectivity index (χ3n) is 4.08. The van der Waals surface area contributed by atoms with E-state index in [9.17, 15) is 4.39 Å². The third kappa shape index (κ3) is 2.28. The Kier molecular flexibility index (Phi) is 3.94. The molecule has 0 spiro atoms. The van der Waals surface area contributed by atoms with E-state index in [1.165, 1.54) is 6.42 Å². The second-order valence-electron chi connectivity index (χ2n) is 5.06. The first-order chi connectivity index (χ1) is 6.50. The van der Waals surface area contributed by atoms with E-state index in [0.717, 1.165) is 25.8 Å². The monoisotopic (exact) mass is 201 g/mol. The predicted molar refractivity (Wildman–Crippen MR) is 59.2 cm³/mol. The summed E-state index contributed by atoms with van der Waals surface area (Å²) in [6.07, 6.45) is 3.30. The van der Waals surface area contributed by atoms with E-state index >= 15 is 0 Å². The minimum absolute atomic E-state index is 0.223. The SMILES string of the molecule is CCN(C)C1(C)CCC(C)CCC1F. The summed E-state index contributed by atoms with van der Waals surface area (Å²) in [7, 11) is 2.04. The van der Waals surface area contributed by atoms with Crippen LogP contribution in [0.25, 0.3) is 0 Å². The summed E-state index contributed by atoms with van der Waals surface area (Å²) < 4.78 is 14.1. The second kappa shape index (κ2) is 4.61. The van der Waals surface area contributed by atoms with Crippen LogP contribution in [0.2, 0.25) is 0 Å². The number of rotatable bonds is 2. The quantitative estimate of drug-likeness (QED) is 0.620. The Morgan fingerprint density at radius 1 is 1.36 bits per heavy atom. The average Bonchev–Trinajstić information content (AvgIpc) is 2.31. The summed E-state index contributed by atoms with van der Waals surface area (Å²) in [5, 5.41) is 0. The topological polar surface area (TPSA) is 3.24 Å². The molecule has 3 atom stereocenters. The van der Waals surface area contributed by atoms with Crippen molar-refractivity contribution >= 4 is 0 Å². The van der Waals surface area contributed by atoms with E-state index in [0.29, 0.717) is 5.92 Å². The Bertz CT molecular complexity index is 183. The van der Waals surface area contributed by atoms with Crippen LogP contribution in [0.3, 0.4) is 0 Å². The van der Waals surface area contributed by atoms with Crippen LogP contribution >= 0.6 is 0 Å². The van der Waals surface area contributed by atoms with Crippen molar-refractivity contribution in [2.45, 2.75) is 58.2 Å². The third-order valence-corrected chi connectivity index (χ3v) is 4.08. The van der Waals surface area contributed by atoms with Gasteiger partial charge >= 0.3 is 0 Å². The van der Waals surface area contributed by atoms with Gasteiger partial charge in [-0.15, -0.1) is 0 Å². The van der Waals surface area contributed by atoms with Gasteiger partial charge in [-0.05, 0) is 52.1 Å². The zero-order valence-corrected chi connectivity index (χ0v) is 10.0. The van der Waals surface area contributed by atoms with Gasteiger partial charge in [0.15, 0.2) is 0 Å². The minimum atomic E-state index is -0.655. The maximum atomic E-state index is 14.1. The van der Waals surface area contributed by atoms with Gasteiger partial charge in [-0.1, -0.05) is 13.8 Å². The van der Waals surface area contributed by atoms with E-state index in [1.807, 2.05) is 7.05 Å². The Hall–Kier alpha value is -0.110. The van der Waals surface area contributed by atoms with Gasteiger partial charge in [0.05, 0.1) is 0 Å². The Labute approximate surface area is 87.7 Å². The lowest BCUT2D eigenvalue weighted by Gasteiger charge is -2.40. The van der Waals surface area contributed by atoms with E-state index in [-0.39, 0.29) is 5.54 Å². The normalized spacial score (nSPS) is 39.9. The highest BCUT2D eigenvalue weighted by molar-refractivity contribution is 4.94. The van der Waals surface area contributed by atoms with Gasteiger partial charge in [0.25, 0.3) is 0 Å². The summed E-state index contributed by atoms with van der Waals surface area (Å²) in [6, 6.07) is 0. The zero-order chi connectivity index (χ0) is 10.8. The Morgan fingerprint density at radius 2 is 2.00 bits per heavy atom. The van der Waals surface area contributed by atoms with Crippen LogP contribution in [0.1, 0.15) is 46.5 Å². The molecule has 0 N–H and O–H groups in total. The van der Waals surface area contributed by atoms with E-state index < -0.39 is 6.17 Å². The Balaban J connectivity index is 2.73. The molecule has 0 aromatic carbocycles. The van der Waals surface area contributed by atoms with Crippen LogP contribution in [-0.2, 0) is 0 Å². The summed E-state index contributed by atoms with van der Waals surface area (Å²) in [6.45, 7) is 7.36. The average molecular weight is 201 g/mol. The Morgan fingerprint density at radius 3 is 2.57 bits per heavy atom. The molecule has 0 aromatic heterocycles. The summed E-state index contributed by atoms with van der Waals surface area (Å²) in [5.41, 5.74) is -0.223. The van der Waals surface area contributed by atoms with Crippen molar-refractivity contribution in [1.29, 1.82) is 0 Å². The first-order valence-corrected chi connectivity index (χ1v) is 5.86. The molecule has 0 radical (unpaired) electrons. The van der Waals surface area contributed by atoms with Crippen molar-refractivity contribution in [3.8, 4) is 0 Å². The highest BCUT2D eigenvalue weighted by atomic mass is 19.1. The maximum Gasteiger partial charge on any atom is 0.118 e. The summed E-state index contributed by atoms with van der Waals surface area (Å²) in [4.78, 5) is 2.18. The highest BCUT2D eigenvalue weighted by Gasteiger charge is 2.39. The molecule has 1 saturated carbocycles. The van der Waals surface area contributed by atoms with Gasteiger partial charge in [-0.2, -0.15) is 0 Å². The highest BCUT2D eigenvalue weighted by Crippen LogP contribution is 2.35. The number of halogens is 1. The largest absolute Gasteiger partial charge is 0.298 e.